The molecule has 25 heavy (non-hydrogen) atoms. The lowest BCUT2D eigenvalue weighted by atomic mass is 10.0. The minimum Gasteiger partial charge on any atom is -0.497 e. The van der Waals surface area contributed by atoms with Gasteiger partial charge in [-0.2, -0.15) is 0 Å². The van der Waals surface area contributed by atoms with Crippen molar-refractivity contribution in [3.63, 3.8) is 0 Å². The molecule has 2 aromatic carbocycles. The van der Waals surface area contributed by atoms with Crippen LogP contribution in [0.5, 0.6) is 5.75 Å². The van der Waals surface area contributed by atoms with Gasteiger partial charge >= 0.3 is 0 Å². The van der Waals surface area contributed by atoms with E-state index in [1.54, 1.807) is 7.11 Å². The van der Waals surface area contributed by atoms with Crippen LogP contribution in [0, 0.1) is 10.1 Å². The maximum Gasteiger partial charge on any atom is 0.293 e. The molecule has 0 saturated heterocycles. The van der Waals surface area contributed by atoms with Gasteiger partial charge in [0.15, 0.2) is 9.84 Å². The van der Waals surface area contributed by atoms with Crippen molar-refractivity contribution in [2.45, 2.75) is 24.3 Å². The zero-order valence-corrected chi connectivity index (χ0v) is 15.0. The molecule has 0 saturated carbocycles. The number of sulfone groups is 1. The second kappa shape index (κ2) is 7.52. The molecule has 0 unspecified atom stereocenters. The van der Waals surface area contributed by atoms with Crippen LogP contribution in [0.3, 0.4) is 0 Å². The predicted molar refractivity (Wildman–Crippen MR) is 95.9 cm³/mol. The smallest absolute Gasteiger partial charge is 0.293 e. The van der Waals surface area contributed by atoms with E-state index in [0.717, 1.165) is 23.6 Å². The summed E-state index contributed by atoms with van der Waals surface area (Å²) in [5, 5.41) is 14.5. The average Bonchev–Trinajstić information content (AvgIpc) is 2.58. The number of anilines is 1. The third-order valence-corrected chi connectivity index (χ3v) is 4.96. The van der Waals surface area contributed by atoms with Crippen molar-refractivity contribution in [2.24, 2.45) is 0 Å². The molecule has 0 aromatic heterocycles. The fraction of sp³-hybridized carbons (Fsp3) is 0.294. The average molecular weight is 364 g/mol. The van der Waals surface area contributed by atoms with Crippen LogP contribution in [0.2, 0.25) is 0 Å². The van der Waals surface area contributed by atoms with Crippen molar-refractivity contribution in [1.29, 1.82) is 0 Å². The first kappa shape index (κ1) is 18.7. The molecular formula is C17H20N2O5S. The van der Waals surface area contributed by atoms with E-state index in [9.17, 15) is 18.5 Å². The van der Waals surface area contributed by atoms with E-state index in [0.29, 0.717) is 6.42 Å². The Morgan fingerprint density at radius 3 is 2.32 bits per heavy atom. The van der Waals surface area contributed by atoms with Gasteiger partial charge in [0.2, 0.25) is 0 Å². The molecule has 0 aliphatic carbocycles. The molecule has 0 heterocycles. The van der Waals surface area contributed by atoms with Crippen molar-refractivity contribution in [2.75, 3.05) is 18.7 Å². The number of nitrogens with zero attached hydrogens (tertiary/aromatic N) is 1. The fourth-order valence-corrected chi connectivity index (χ4v) is 3.10. The van der Waals surface area contributed by atoms with Crippen LogP contribution in [0.15, 0.2) is 47.4 Å². The number of rotatable bonds is 7. The highest BCUT2D eigenvalue weighted by molar-refractivity contribution is 7.90. The molecule has 1 atom stereocenters. The van der Waals surface area contributed by atoms with E-state index in [1.807, 2.05) is 31.2 Å². The molecule has 0 aliphatic rings. The number of methoxy groups -OCH3 is 1. The SMILES string of the molecule is CC[C@H](Nc1ccc(S(C)(=O)=O)cc1[N+](=O)[O-])c1ccc(OC)cc1. The molecule has 0 bridgehead atoms. The Labute approximate surface area is 146 Å². The standard InChI is InChI=1S/C17H20N2O5S/c1-4-15(12-5-7-13(24-2)8-6-12)18-16-10-9-14(25(3,22)23)11-17(16)19(20)21/h5-11,15,18H,4H2,1-3H3/t15-/m0/s1. The molecule has 0 spiro atoms. The molecular weight excluding hydrogens is 344 g/mol. The number of nitro benzene ring substituents is 1. The van der Waals surface area contributed by atoms with Crippen molar-refractivity contribution < 1.29 is 18.1 Å². The van der Waals surface area contributed by atoms with Gasteiger partial charge in [-0.15, -0.1) is 0 Å². The van der Waals surface area contributed by atoms with Crippen molar-refractivity contribution >= 4 is 21.2 Å². The number of ether oxygens (including phenoxy) is 1. The summed E-state index contributed by atoms with van der Waals surface area (Å²) in [6, 6.07) is 11.1. The highest BCUT2D eigenvalue weighted by atomic mass is 32.2. The van der Waals surface area contributed by atoms with E-state index >= 15 is 0 Å². The Hall–Kier alpha value is -2.61. The van der Waals surface area contributed by atoms with Crippen molar-refractivity contribution in [3.05, 3.63) is 58.1 Å². The lowest BCUT2D eigenvalue weighted by Crippen LogP contribution is -2.11. The van der Waals surface area contributed by atoms with E-state index < -0.39 is 14.8 Å². The summed E-state index contributed by atoms with van der Waals surface area (Å²) in [4.78, 5) is 10.7. The second-order valence-corrected chi connectivity index (χ2v) is 7.60. The van der Waals surface area contributed by atoms with Crippen LogP contribution < -0.4 is 10.1 Å². The maximum absolute atomic E-state index is 11.6. The van der Waals surface area contributed by atoms with Gasteiger partial charge in [0.1, 0.15) is 11.4 Å². The molecule has 8 heteroatoms. The summed E-state index contributed by atoms with van der Waals surface area (Å²) in [6.45, 7) is 1.96. The van der Waals surface area contributed by atoms with Gasteiger partial charge in [-0.25, -0.2) is 8.42 Å². The summed E-state index contributed by atoms with van der Waals surface area (Å²) in [5.41, 5.74) is 0.958. The van der Waals surface area contributed by atoms with Gasteiger partial charge in [0.05, 0.1) is 23.0 Å². The fourth-order valence-electron chi connectivity index (χ4n) is 2.46. The summed E-state index contributed by atoms with van der Waals surface area (Å²) in [6.07, 6.45) is 1.71. The van der Waals surface area contributed by atoms with E-state index in [1.165, 1.54) is 12.1 Å². The van der Waals surface area contributed by atoms with Crippen LogP contribution in [0.4, 0.5) is 11.4 Å². The van der Waals surface area contributed by atoms with Gasteiger partial charge in [-0.05, 0) is 36.2 Å². The normalized spacial score (nSPS) is 12.4. The van der Waals surface area contributed by atoms with Crippen LogP contribution in [0.25, 0.3) is 0 Å². The van der Waals surface area contributed by atoms with E-state index in [4.69, 9.17) is 4.74 Å². The Bertz CT molecular complexity index is 863. The van der Waals surface area contributed by atoms with E-state index in [-0.39, 0.29) is 22.3 Å². The summed E-state index contributed by atoms with van der Waals surface area (Å²) < 4.78 is 28.4. The van der Waals surface area contributed by atoms with Gasteiger partial charge in [0, 0.05) is 12.3 Å². The number of hydrogen-bond donors (Lipinski definition) is 1. The van der Waals surface area contributed by atoms with Crippen molar-refractivity contribution in [3.8, 4) is 5.75 Å². The van der Waals surface area contributed by atoms with Gasteiger partial charge < -0.3 is 10.1 Å². The minimum absolute atomic E-state index is 0.0813. The first-order valence-corrected chi connectivity index (χ1v) is 9.54. The summed E-state index contributed by atoms with van der Waals surface area (Å²) in [7, 11) is -1.93. The van der Waals surface area contributed by atoms with Gasteiger partial charge in [-0.1, -0.05) is 19.1 Å². The van der Waals surface area contributed by atoms with Crippen molar-refractivity contribution in [1.82, 2.24) is 0 Å². The summed E-state index contributed by atoms with van der Waals surface area (Å²) in [5.74, 6) is 0.724. The number of nitrogens with one attached hydrogen (secondary N) is 1. The first-order valence-electron chi connectivity index (χ1n) is 7.65. The lowest BCUT2D eigenvalue weighted by molar-refractivity contribution is -0.384. The predicted octanol–water partition coefficient (Wildman–Crippen LogP) is 3.57. The molecule has 0 amide bonds. The molecule has 0 fully saturated rings. The molecule has 2 aromatic rings. The van der Waals surface area contributed by atoms with Crippen LogP contribution in [-0.4, -0.2) is 26.7 Å². The molecule has 1 N–H and O–H groups in total. The van der Waals surface area contributed by atoms with Crippen LogP contribution in [0.1, 0.15) is 24.9 Å². The number of benzene rings is 2. The topological polar surface area (TPSA) is 98.5 Å². The number of hydrogen-bond acceptors (Lipinski definition) is 6. The maximum atomic E-state index is 11.6. The molecule has 134 valence electrons. The Balaban J connectivity index is 2.37. The molecule has 0 aliphatic heterocycles. The quantitative estimate of drug-likeness (QED) is 0.596. The monoisotopic (exact) mass is 364 g/mol. The molecule has 7 nitrogen and oxygen atoms in total. The van der Waals surface area contributed by atoms with Gasteiger partial charge in [-0.3, -0.25) is 10.1 Å². The highest BCUT2D eigenvalue weighted by Gasteiger charge is 2.21. The Morgan fingerprint density at radius 2 is 1.84 bits per heavy atom. The molecule has 0 radical (unpaired) electrons. The number of nitro groups is 1. The Kier molecular flexibility index (Phi) is 5.63. The highest BCUT2D eigenvalue weighted by Crippen LogP contribution is 2.32. The van der Waals surface area contributed by atoms with Gasteiger partial charge in [0.25, 0.3) is 5.69 Å². The lowest BCUT2D eigenvalue weighted by Gasteiger charge is -2.19. The zero-order chi connectivity index (χ0) is 18.6. The van der Waals surface area contributed by atoms with Crippen LogP contribution in [-0.2, 0) is 9.84 Å². The Morgan fingerprint density at radius 1 is 1.20 bits per heavy atom. The third-order valence-electron chi connectivity index (χ3n) is 3.85. The minimum atomic E-state index is -3.52. The summed E-state index contributed by atoms with van der Waals surface area (Å²) >= 11 is 0. The largest absolute Gasteiger partial charge is 0.497 e. The molecule has 2 rings (SSSR count). The van der Waals surface area contributed by atoms with E-state index in [2.05, 4.69) is 5.32 Å². The zero-order valence-electron chi connectivity index (χ0n) is 14.2. The second-order valence-electron chi connectivity index (χ2n) is 5.59. The first-order chi connectivity index (χ1) is 11.8. The van der Waals surface area contributed by atoms with Crippen LogP contribution >= 0.6 is 0 Å². The third kappa shape index (κ3) is 4.48.